The Hall–Kier alpha value is -3.01. The number of halogens is 3. The molecular weight excluding hydrogens is 899 g/mol. The van der Waals surface area contributed by atoms with E-state index in [0.717, 1.165) is 51.4 Å². The molecule has 0 N–H and O–H groups in total. The minimum absolute atomic E-state index is 0.0678. The largest absolute Gasteiger partial charge is 0.462 e. The topological polar surface area (TPSA) is 114 Å². The van der Waals surface area contributed by atoms with Crippen LogP contribution in [0, 0.1) is 5.41 Å². The second-order valence-electron chi connectivity index (χ2n) is 18.7. The third-order valence-corrected chi connectivity index (χ3v) is 12.4. The molecule has 0 heterocycles. The molecule has 0 aromatic heterocycles. The first-order valence-electron chi connectivity index (χ1n) is 25.5. The van der Waals surface area contributed by atoms with Gasteiger partial charge >= 0.3 is 23.9 Å². The summed E-state index contributed by atoms with van der Waals surface area (Å²) in [7, 11) is 0. The summed E-state index contributed by atoms with van der Waals surface area (Å²) in [5.74, 6) is -1.48. The van der Waals surface area contributed by atoms with E-state index in [2.05, 4.69) is 13.8 Å². The summed E-state index contributed by atoms with van der Waals surface area (Å²) >= 11 is 18.6. The fourth-order valence-electron chi connectivity index (χ4n) is 7.76. The molecule has 0 fully saturated rings. The van der Waals surface area contributed by atoms with E-state index in [1.165, 1.54) is 128 Å². The summed E-state index contributed by atoms with van der Waals surface area (Å²) in [4.78, 5) is 52.1. The average molecular weight is 983 g/mol. The highest BCUT2D eigenvalue weighted by Gasteiger charge is 2.30. The minimum atomic E-state index is -1.00. The Kier molecular flexibility index (Phi) is 33.1. The first-order valence-corrected chi connectivity index (χ1v) is 26.6. The number of benzene rings is 2. The molecule has 2 aromatic rings. The Labute approximate surface area is 413 Å². The van der Waals surface area contributed by atoms with E-state index < -0.39 is 23.5 Å². The molecule has 2 rings (SSSR count). The molecular formula is C54H83Cl3O9. The third kappa shape index (κ3) is 30.4. The molecule has 0 aliphatic rings. The number of ether oxygens (including phenoxy) is 5. The van der Waals surface area contributed by atoms with Crippen molar-refractivity contribution in [2.45, 2.75) is 226 Å². The summed E-state index contributed by atoms with van der Waals surface area (Å²) in [6, 6.07) is 9.33. The summed E-state index contributed by atoms with van der Waals surface area (Å²) in [5, 5.41) is 1.02. The van der Waals surface area contributed by atoms with Crippen LogP contribution < -0.4 is 9.47 Å². The molecule has 0 saturated heterocycles. The SMILES string of the molecule is CCCCCCCCCCCCCCCC(=O)OCC(COC(=O)CCCCCCCCCCCCCCC)OC(=O)CC(C)(C)CC(=O)Oc1cc(Cl)ccc1Oc1ccc(Cl)cc1Cl. The smallest absolute Gasteiger partial charge is 0.311 e. The van der Waals surface area contributed by atoms with E-state index in [1.807, 2.05) is 0 Å². The van der Waals surface area contributed by atoms with Crippen LogP contribution in [0.25, 0.3) is 0 Å². The highest BCUT2D eigenvalue weighted by molar-refractivity contribution is 6.35. The second kappa shape index (κ2) is 37.0. The molecule has 374 valence electrons. The zero-order valence-electron chi connectivity index (χ0n) is 41.0. The number of hydrogen-bond donors (Lipinski definition) is 0. The van der Waals surface area contributed by atoms with Crippen LogP contribution in [0.2, 0.25) is 15.1 Å². The fourth-order valence-corrected chi connectivity index (χ4v) is 8.37. The van der Waals surface area contributed by atoms with Crippen LogP contribution in [0.1, 0.15) is 220 Å². The Morgan fingerprint density at radius 1 is 0.470 bits per heavy atom. The fraction of sp³-hybridized carbons (Fsp3) is 0.704. The van der Waals surface area contributed by atoms with Crippen LogP contribution in [0.15, 0.2) is 36.4 Å². The predicted octanol–water partition coefficient (Wildman–Crippen LogP) is 17.1. The van der Waals surface area contributed by atoms with Gasteiger partial charge in [0.15, 0.2) is 17.6 Å². The van der Waals surface area contributed by atoms with Crippen molar-refractivity contribution in [1.29, 1.82) is 0 Å². The van der Waals surface area contributed by atoms with Crippen molar-refractivity contribution in [3.63, 3.8) is 0 Å². The van der Waals surface area contributed by atoms with Gasteiger partial charge in [0.05, 0.1) is 17.9 Å². The number of hydrogen-bond acceptors (Lipinski definition) is 9. The van der Waals surface area contributed by atoms with Crippen molar-refractivity contribution < 1.29 is 42.9 Å². The van der Waals surface area contributed by atoms with Gasteiger partial charge in [-0.15, -0.1) is 0 Å². The Morgan fingerprint density at radius 3 is 1.27 bits per heavy atom. The van der Waals surface area contributed by atoms with Gasteiger partial charge in [-0.05, 0) is 48.6 Å². The molecule has 9 nitrogen and oxygen atoms in total. The highest BCUT2D eigenvalue weighted by atomic mass is 35.5. The van der Waals surface area contributed by atoms with E-state index in [0.29, 0.717) is 15.8 Å². The van der Waals surface area contributed by atoms with E-state index in [1.54, 1.807) is 38.1 Å². The number of rotatable bonds is 40. The number of carbonyl (C=O) groups is 4. The molecule has 2 aromatic carbocycles. The van der Waals surface area contributed by atoms with E-state index >= 15 is 0 Å². The zero-order chi connectivity index (χ0) is 48.3. The minimum Gasteiger partial charge on any atom is -0.462 e. The highest BCUT2D eigenvalue weighted by Crippen LogP contribution is 2.38. The lowest BCUT2D eigenvalue weighted by Crippen LogP contribution is -2.33. The van der Waals surface area contributed by atoms with E-state index in [4.69, 9.17) is 58.5 Å². The van der Waals surface area contributed by atoms with Crippen molar-refractivity contribution in [2.75, 3.05) is 13.2 Å². The average Bonchev–Trinajstić information content (AvgIpc) is 3.26. The van der Waals surface area contributed by atoms with Crippen LogP contribution in [0.4, 0.5) is 0 Å². The van der Waals surface area contributed by atoms with Crippen molar-refractivity contribution in [2.24, 2.45) is 5.41 Å². The van der Waals surface area contributed by atoms with E-state index in [-0.39, 0.29) is 67.4 Å². The Bertz CT molecular complexity index is 1600. The summed E-state index contributed by atoms with van der Waals surface area (Å²) in [6.07, 6.45) is 30.5. The summed E-state index contributed by atoms with van der Waals surface area (Å²) in [5.41, 5.74) is -0.909. The molecule has 12 heteroatoms. The molecule has 0 radical (unpaired) electrons. The Morgan fingerprint density at radius 2 is 0.848 bits per heavy atom. The predicted molar refractivity (Wildman–Crippen MR) is 269 cm³/mol. The van der Waals surface area contributed by atoms with Gasteiger partial charge in [-0.2, -0.15) is 0 Å². The van der Waals surface area contributed by atoms with E-state index in [9.17, 15) is 19.2 Å². The standard InChI is InChI=1S/C54H83Cl3O9/c1-5-7-9-11-13-15-17-19-21-23-25-27-29-31-50(58)62-41-45(42-63-51(59)32-30-28-26-24-22-20-18-16-14-12-10-8-6-2)64-52(60)39-54(3,4)40-53(61)66-49-38-44(56)34-36-48(49)65-47-35-33-43(55)37-46(47)57/h33-38,45H,5-32,39-42H2,1-4H3. The number of unbranched alkanes of at least 4 members (excludes halogenated alkanes) is 24. The van der Waals surface area contributed by atoms with Gasteiger partial charge in [0.25, 0.3) is 0 Å². The molecule has 0 atom stereocenters. The lowest BCUT2D eigenvalue weighted by Gasteiger charge is -2.24. The maximum absolute atomic E-state index is 13.4. The zero-order valence-corrected chi connectivity index (χ0v) is 43.2. The van der Waals surface area contributed by atoms with Crippen LogP contribution in [-0.4, -0.2) is 43.2 Å². The van der Waals surface area contributed by atoms with Crippen molar-refractivity contribution in [3.8, 4) is 17.2 Å². The lowest BCUT2D eigenvalue weighted by atomic mass is 9.86. The van der Waals surface area contributed by atoms with Crippen molar-refractivity contribution in [1.82, 2.24) is 0 Å². The number of carbonyl (C=O) groups excluding carboxylic acids is 4. The molecule has 0 saturated carbocycles. The number of esters is 4. The van der Waals surface area contributed by atoms with Crippen molar-refractivity contribution >= 4 is 58.7 Å². The molecule has 0 aliphatic heterocycles. The first-order chi connectivity index (χ1) is 31.8. The molecule has 0 bridgehead atoms. The summed E-state index contributed by atoms with van der Waals surface area (Å²) in [6.45, 7) is 7.47. The molecule has 0 spiro atoms. The van der Waals surface area contributed by atoms with Crippen LogP contribution in [-0.2, 0) is 33.4 Å². The second-order valence-corrected chi connectivity index (χ2v) is 20.0. The normalized spacial score (nSPS) is 11.5. The van der Waals surface area contributed by atoms with Gasteiger partial charge in [-0.25, -0.2) is 0 Å². The maximum atomic E-state index is 13.4. The monoisotopic (exact) mass is 981 g/mol. The molecule has 0 aliphatic carbocycles. The van der Waals surface area contributed by atoms with Gasteiger partial charge in [0.1, 0.15) is 19.0 Å². The molecule has 0 unspecified atom stereocenters. The van der Waals surface area contributed by atoms with Gasteiger partial charge in [-0.3, -0.25) is 19.2 Å². The molecule has 0 amide bonds. The van der Waals surface area contributed by atoms with Gasteiger partial charge in [0.2, 0.25) is 0 Å². The van der Waals surface area contributed by atoms with Crippen LogP contribution in [0.5, 0.6) is 17.2 Å². The maximum Gasteiger partial charge on any atom is 0.311 e. The third-order valence-electron chi connectivity index (χ3n) is 11.6. The van der Waals surface area contributed by atoms with Gasteiger partial charge in [0, 0.05) is 29.0 Å². The lowest BCUT2D eigenvalue weighted by molar-refractivity contribution is -0.168. The summed E-state index contributed by atoms with van der Waals surface area (Å²) < 4.78 is 28.4. The van der Waals surface area contributed by atoms with Crippen LogP contribution in [0.3, 0.4) is 0 Å². The van der Waals surface area contributed by atoms with Crippen LogP contribution >= 0.6 is 34.8 Å². The van der Waals surface area contributed by atoms with Gasteiger partial charge in [-0.1, -0.05) is 217 Å². The van der Waals surface area contributed by atoms with Gasteiger partial charge < -0.3 is 23.7 Å². The quantitative estimate of drug-likeness (QED) is 0.0279. The van der Waals surface area contributed by atoms with Crippen molar-refractivity contribution in [3.05, 3.63) is 51.5 Å². The Balaban J connectivity index is 1.85. The first kappa shape index (κ1) is 59.1. The molecule has 66 heavy (non-hydrogen) atoms.